The highest BCUT2D eigenvalue weighted by molar-refractivity contribution is 5.95. The Hall–Kier alpha value is -2.50. The lowest BCUT2D eigenvalue weighted by molar-refractivity contribution is -0.144. The minimum absolute atomic E-state index is 0.189. The van der Waals surface area contributed by atoms with Crippen LogP contribution in [-0.2, 0) is 9.53 Å². The predicted octanol–water partition coefficient (Wildman–Crippen LogP) is 2.66. The van der Waals surface area contributed by atoms with Gasteiger partial charge >= 0.3 is 12.0 Å². The number of allylic oxidation sites excluding steroid dienone is 1. The van der Waals surface area contributed by atoms with E-state index in [1.807, 2.05) is 26.0 Å². The van der Waals surface area contributed by atoms with E-state index in [0.29, 0.717) is 17.0 Å². The van der Waals surface area contributed by atoms with Crippen LogP contribution in [0.3, 0.4) is 0 Å². The topological polar surface area (TPSA) is 76.7 Å². The molecule has 0 bridgehead atoms. The molecule has 6 nitrogen and oxygen atoms in total. The summed E-state index contributed by atoms with van der Waals surface area (Å²) < 4.78 is 10.7. The highest BCUT2D eigenvalue weighted by Gasteiger charge is 2.32. The average molecular weight is 318 g/mol. The third-order valence-corrected chi connectivity index (χ3v) is 3.80. The number of nitrogens with one attached hydrogen (secondary N) is 2. The first kappa shape index (κ1) is 16.9. The molecule has 0 aliphatic carbocycles. The van der Waals surface area contributed by atoms with Crippen molar-refractivity contribution in [3.63, 3.8) is 0 Å². The fraction of sp³-hybridized carbons (Fsp3) is 0.412. The van der Waals surface area contributed by atoms with Crippen LogP contribution in [0.25, 0.3) is 0 Å². The molecule has 1 aliphatic heterocycles. The standard InChI is InChI=1S/C17H22N2O4/c1-5-10(2)23-16(20)14-11(3)18-17(21)19-15(14)12-7-6-8-13(9-12)22-4/h6-10,15H,5H2,1-4H3,(H2,18,19,21)/t10-,15-/m1/s1. The second kappa shape index (κ2) is 7.17. The number of rotatable bonds is 5. The van der Waals surface area contributed by atoms with Crippen LogP contribution in [0.4, 0.5) is 4.79 Å². The Bertz CT molecular complexity index is 639. The summed E-state index contributed by atoms with van der Waals surface area (Å²) >= 11 is 0. The minimum Gasteiger partial charge on any atom is -0.497 e. The van der Waals surface area contributed by atoms with Gasteiger partial charge in [0.25, 0.3) is 0 Å². The molecule has 2 N–H and O–H groups in total. The van der Waals surface area contributed by atoms with E-state index < -0.39 is 12.0 Å². The Morgan fingerprint density at radius 3 is 2.78 bits per heavy atom. The number of hydrogen-bond acceptors (Lipinski definition) is 4. The third-order valence-electron chi connectivity index (χ3n) is 3.80. The lowest BCUT2D eigenvalue weighted by atomic mass is 9.95. The van der Waals surface area contributed by atoms with Crippen molar-refractivity contribution in [1.82, 2.24) is 10.6 Å². The molecule has 2 rings (SSSR count). The van der Waals surface area contributed by atoms with Gasteiger partial charge in [-0.05, 0) is 38.0 Å². The van der Waals surface area contributed by atoms with E-state index >= 15 is 0 Å². The molecule has 23 heavy (non-hydrogen) atoms. The molecule has 6 heteroatoms. The zero-order chi connectivity index (χ0) is 17.0. The highest BCUT2D eigenvalue weighted by Crippen LogP contribution is 2.29. The summed E-state index contributed by atoms with van der Waals surface area (Å²) in [5, 5.41) is 5.40. The van der Waals surface area contributed by atoms with Crippen molar-refractivity contribution in [2.45, 2.75) is 39.3 Å². The predicted molar refractivity (Wildman–Crippen MR) is 85.9 cm³/mol. The third kappa shape index (κ3) is 3.83. The van der Waals surface area contributed by atoms with E-state index in [0.717, 1.165) is 12.0 Å². The fourth-order valence-corrected chi connectivity index (χ4v) is 2.37. The Balaban J connectivity index is 2.39. The van der Waals surface area contributed by atoms with Crippen molar-refractivity contribution in [3.8, 4) is 5.75 Å². The van der Waals surface area contributed by atoms with E-state index in [2.05, 4.69) is 10.6 Å². The van der Waals surface area contributed by atoms with Crippen molar-refractivity contribution in [2.75, 3.05) is 7.11 Å². The summed E-state index contributed by atoms with van der Waals surface area (Å²) in [6.07, 6.45) is 0.535. The molecule has 0 saturated carbocycles. The molecule has 0 spiro atoms. The van der Waals surface area contributed by atoms with Gasteiger partial charge < -0.3 is 20.1 Å². The quantitative estimate of drug-likeness (QED) is 0.818. The molecule has 0 saturated heterocycles. The summed E-state index contributed by atoms with van der Waals surface area (Å²) in [6.45, 7) is 5.47. The van der Waals surface area contributed by atoms with Crippen LogP contribution in [0, 0.1) is 0 Å². The van der Waals surface area contributed by atoms with Gasteiger partial charge in [0.05, 0.1) is 24.8 Å². The molecule has 2 atom stereocenters. The maximum atomic E-state index is 12.5. The SMILES string of the molecule is CC[C@@H](C)OC(=O)C1=C(C)NC(=O)N[C@@H]1c1cccc(OC)c1. The van der Waals surface area contributed by atoms with E-state index in [-0.39, 0.29) is 12.1 Å². The molecule has 0 radical (unpaired) electrons. The molecule has 1 aromatic rings. The van der Waals surface area contributed by atoms with E-state index in [1.165, 1.54) is 0 Å². The lowest BCUT2D eigenvalue weighted by Gasteiger charge is -2.29. The summed E-state index contributed by atoms with van der Waals surface area (Å²) in [4.78, 5) is 24.3. The van der Waals surface area contributed by atoms with Gasteiger partial charge in [0.2, 0.25) is 0 Å². The number of hydrogen-bond donors (Lipinski definition) is 2. The van der Waals surface area contributed by atoms with Crippen molar-refractivity contribution in [2.24, 2.45) is 0 Å². The molecule has 1 heterocycles. The maximum Gasteiger partial charge on any atom is 0.338 e. The molecule has 0 unspecified atom stereocenters. The van der Waals surface area contributed by atoms with E-state index in [9.17, 15) is 9.59 Å². The zero-order valence-electron chi connectivity index (χ0n) is 13.8. The lowest BCUT2D eigenvalue weighted by Crippen LogP contribution is -2.45. The molecule has 1 aromatic carbocycles. The molecule has 2 amide bonds. The smallest absolute Gasteiger partial charge is 0.338 e. The van der Waals surface area contributed by atoms with Crippen LogP contribution in [-0.4, -0.2) is 25.2 Å². The summed E-state index contributed by atoms with van der Waals surface area (Å²) in [6, 6.07) is 6.32. The van der Waals surface area contributed by atoms with Gasteiger partial charge in [0.15, 0.2) is 0 Å². The number of carbonyl (C=O) groups excluding carboxylic acids is 2. The average Bonchev–Trinajstić information content (AvgIpc) is 2.53. The number of benzene rings is 1. The first-order valence-electron chi connectivity index (χ1n) is 7.59. The van der Waals surface area contributed by atoms with E-state index in [1.54, 1.807) is 26.2 Å². The number of carbonyl (C=O) groups is 2. The summed E-state index contributed by atoms with van der Waals surface area (Å²) in [7, 11) is 1.57. The largest absolute Gasteiger partial charge is 0.497 e. The Kier molecular flexibility index (Phi) is 5.26. The fourth-order valence-electron chi connectivity index (χ4n) is 2.37. The number of amides is 2. The maximum absolute atomic E-state index is 12.5. The number of esters is 1. The number of ether oxygens (including phenoxy) is 2. The Morgan fingerprint density at radius 1 is 1.39 bits per heavy atom. The van der Waals surface area contributed by atoms with Crippen molar-refractivity contribution in [1.29, 1.82) is 0 Å². The normalized spacial score (nSPS) is 18.8. The van der Waals surface area contributed by atoms with Crippen LogP contribution >= 0.6 is 0 Å². The van der Waals surface area contributed by atoms with Gasteiger partial charge in [-0.1, -0.05) is 19.1 Å². The van der Waals surface area contributed by atoms with Crippen molar-refractivity contribution in [3.05, 3.63) is 41.1 Å². The van der Waals surface area contributed by atoms with Gasteiger partial charge in [-0.3, -0.25) is 0 Å². The van der Waals surface area contributed by atoms with Crippen LogP contribution in [0.2, 0.25) is 0 Å². The second-order valence-corrected chi connectivity index (χ2v) is 5.47. The van der Waals surface area contributed by atoms with Crippen LogP contribution in [0.15, 0.2) is 35.5 Å². The Labute approximate surface area is 135 Å². The monoisotopic (exact) mass is 318 g/mol. The number of urea groups is 1. The highest BCUT2D eigenvalue weighted by atomic mass is 16.5. The molecular weight excluding hydrogens is 296 g/mol. The van der Waals surface area contributed by atoms with Crippen LogP contribution < -0.4 is 15.4 Å². The first-order chi connectivity index (χ1) is 11.0. The summed E-state index contributed by atoms with van der Waals surface area (Å²) in [5.41, 5.74) is 1.66. The van der Waals surface area contributed by atoms with Gasteiger partial charge in [0.1, 0.15) is 5.75 Å². The number of methoxy groups -OCH3 is 1. The first-order valence-corrected chi connectivity index (χ1v) is 7.59. The Morgan fingerprint density at radius 2 is 2.13 bits per heavy atom. The van der Waals surface area contributed by atoms with Crippen molar-refractivity contribution >= 4 is 12.0 Å². The zero-order valence-corrected chi connectivity index (χ0v) is 13.8. The van der Waals surface area contributed by atoms with Gasteiger partial charge in [-0.2, -0.15) is 0 Å². The molecule has 0 aromatic heterocycles. The molecule has 0 fully saturated rings. The van der Waals surface area contributed by atoms with E-state index in [4.69, 9.17) is 9.47 Å². The molecule has 1 aliphatic rings. The minimum atomic E-state index is -0.574. The second-order valence-electron chi connectivity index (χ2n) is 5.47. The molecular formula is C17H22N2O4. The molecule has 124 valence electrons. The van der Waals surface area contributed by atoms with Gasteiger partial charge in [-0.15, -0.1) is 0 Å². The van der Waals surface area contributed by atoms with Crippen LogP contribution in [0.5, 0.6) is 5.75 Å². The van der Waals surface area contributed by atoms with Gasteiger partial charge in [0, 0.05) is 5.70 Å². The summed E-state index contributed by atoms with van der Waals surface area (Å²) in [5.74, 6) is 0.222. The van der Waals surface area contributed by atoms with Gasteiger partial charge in [-0.25, -0.2) is 9.59 Å². The van der Waals surface area contributed by atoms with Crippen molar-refractivity contribution < 1.29 is 19.1 Å². The van der Waals surface area contributed by atoms with Crippen LogP contribution in [0.1, 0.15) is 38.8 Å².